The molecule has 41 heavy (non-hydrogen) atoms. The highest BCUT2D eigenvalue weighted by atomic mass is 19.3. The maximum atomic E-state index is 13.5. The first-order valence-electron chi connectivity index (χ1n) is 12.9. The Morgan fingerprint density at radius 3 is 2.51 bits per heavy atom. The number of nitrogens with one attached hydrogen (secondary N) is 1. The van der Waals surface area contributed by atoms with E-state index in [4.69, 9.17) is 0 Å². The van der Waals surface area contributed by atoms with Crippen molar-refractivity contribution >= 4 is 34.5 Å². The number of carbonyl (C=O) groups is 2. The molecule has 15 heteroatoms. The van der Waals surface area contributed by atoms with Crippen molar-refractivity contribution in [2.75, 3.05) is 23.3 Å². The molecule has 5 heterocycles. The summed E-state index contributed by atoms with van der Waals surface area (Å²) in [4.78, 5) is 69.5. The number of rotatable bonds is 7. The highest BCUT2D eigenvalue weighted by molar-refractivity contribution is 5.93. The number of imidazole rings is 1. The van der Waals surface area contributed by atoms with Gasteiger partial charge in [-0.3, -0.25) is 23.5 Å². The molecule has 0 spiro atoms. The molecule has 212 valence electrons. The van der Waals surface area contributed by atoms with Crippen LogP contribution in [0.4, 0.5) is 20.4 Å². The lowest BCUT2D eigenvalue weighted by molar-refractivity contribution is -0.119. The Bertz CT molecular complexity index is 1820. The van der Waals surface area contributed by atoms with Crippen LogP contribution in [0.3, 0.4) is 0 Å². The molecule has 0 bridgehead atoms. The summed E-state index contributed by atoms with van der Waals surface area (Å²) in [6, 6.07) is 4.03. The van der Waals surface area contributed by atoms with E-state index in [2.05, 4.69) is 25.3 Å². The molecule has 0 radical (unpaired) electrons. The van der Waals surface area contributed by atoms with Gasteiger partial charge in [0.2, 0.25) is 5.91 Å². The van der Waals surface area contributed by atoms with E-state index < -0.39 is 47.5 Å². The van der Waals surface area contributed by atoms with E-state index in [1.54, 1.807) is 25.3 Å². The Balaban J connectivity index is 1.20. The van der Waals surface area contributed by atoms with Crippen LogP contribution in [0, 0.1) is 11.8 Å². The Kier molecular flexibility index (Phi) is 6.04. The van der Waals surface area contributed by atoms with Crippen molar-refractivity contribution in [3.05, 3.63) is 57.8 Å². The van der Waals surface area contributed by atoms with Gasteiger partial charge in [0.15, 0.2) is 17.0 Å². The third-order valence-corrected chi connectivity index (χ3v) is 7.67. The quantitative estimate of drug-likeness (QED) is 0.349. The third-order valence-electron chi connectivity index (χ3n) is 7.67. The second kappa shape index (κ2) is 9.38. The molecule has 1 saturated carbocycles. The summed E-state index contributed by atoms with van der Waals surface area (Å²) in [5, 5.41) is 2.70. The van der Waals surface area contributed by atoms with Crippen molar-refractivity contribution in [1.82, 2.24) is 33.6 Å². The minimum absolute atomic E-state index is 0.00423. The maximum absolute atomic E-state index is 13.5. The SMILES string of the molecule is CC(=O)Cn1c(=O)c2c(ncn2C(C)C(=O)Nc2ccnc(-c3ccc(N4CC5C(C4)C5(F)F)nc3)n2)n(C)c1=O. The van der Waals surface area contributed by atoms with Crippen LogP contribution in [-0.2, 0) is 23.2 Å². The standard InChI is InChI=1S/C26H25F2N9O4/c1-13(38)9-36-24(40)20-22(34(3)25(36)41)31-12-37(20)14(2)23(39)33-18-6-7-29-21(32-18)15-4-5-19(30-8-15)35-10-16-17(11-35)26(16,27)28/h4-8,12,14,16-17H,9-11H2,1-3H3,(H,29,32,33,39). The zero-order valence-electron chi connectivity index (χ0n) is 22.3. The number of nitrogens with zero attached hydrogens (tertiary/aromatic N) is 8. The number of fused-ring (bicyclic) bond motifs is 2. The summed E-state index contributed by atoms with van der Waals surface area (Å²) in [6.07, 6.45) is 4.31. The maximum Gasteiger partial charge on any atom is 0.332 e. The number of hydrogen-bond acceptors (Lipinski definition) is 9. The second-order valence-corrected chi connectivity index (χ2v) is 10.4. The second-order valence-electron chi connectivity index (χ2n) is 10.4. The smallest absolute Gasteiger partial charge is 0.332 e. The van der Waals surface area contributed by atoms with Gasteiger partial charge in [0.05, 0.1) is 24.7 Å². The Morgan fingerprint density at radius 1 is 1.12 bits per heavy atom. The van der Waals surface area contributed by atoms with Gasteiger partial charge in [-0.2, -0.15) is 0 Å². The summed E-state index contributed by atoms with van der Waals surface area (Å²) in [7, 11) is 1.43. The first kappa shape index (κ1) is 26.4. The van der Waals surface area contributed by atoms with Gasteiger partial charge in [0, 0.05) is 38.1 Å². The van der Waals surface area contributed by atoms with Crippen LogP contribution in [0.1, 0.15) is 19.9 Å². The number of aryl methyl sites for hydroxylation is 1. The number of ketones is 1. The zero-order chi connectivity index (χ0) is 29.2. The summed E-state index contributed by atoms with van der Waals surface area (Å²) < 4.78 is 30.3. The number of pyridine rings is 1. The number of carbonyl (C=O) groups excluding carboxylic acids is 2. The number of alkyl halides is 2. The molecule has 1 N–H and O–H groups in total. The van der Waals surface area contributed by atoms with Gasteiger partial charge in [-0.25, -0.2) is 33.5 Å². The van der Waals surface area contributed by atoms with Gasteiger partial charge in [0.1, 0.15) is 23.5 Å². The van der Waals surface area contributed by atoms with Crippen LogP contribution < -0.4 is 21.5 Å². The lowest BCUT2D eigenvalue weighted by Gasteiger charge is -2.20. The predicted octanol–water partition coefficient (Wildman–Crippen LogP) is 1.24. The van der Waals surface area contributed by atoms with Gasteiger partial charge in [-0.1, -0.05) is 0 Å². The van der Waals surface area contributed by atoms with E-state index in [9.17, 15) is 28.0 Å². The fraction of sp³-hybridized carbons (Fsp3) is 0.385. The van der Waals surface area contributed by atoms with Crippen molar-refractivity contribution in [2.45, 2.75) is 32.4 Å². The average molecular weight is 566 g/mol. The molecule has 6 rings (SSSR count). The molecule has 4 aromatic rings. The number of Topliss-reactive ketones (excluding diaryl/α,β-unsaturated/α-hetero) is 1. The van der Waals surface area contributed by atoms with Crippen molar-refractivity contribution < 1.29 is 18.4 Å². The van der Waals surface area contributed by atoms with E-state index in [1.165, 1.54) is 37.1 Å². The number of aromatic nitrogens is 7. The third kappa shape index (κ3) is 4.37. The number of halogens is 2. The number of anilines is 2. The van der Waals surface area contributed by atoms with Crippen molar-refractivity contribution in [3.8, 4) is 11.4 Å². The van der Waals surface area contributed by atoms with Crippen LogP contribution in [0.15, 0.2) is 46.5 Å². The molecule has 3 atom stereocenters. The van der Waals surface area contributed by atoms with E-state index >= 15 is 0 Å². The topological polar surface area (TPSA) is 150 Å². The number of hydrogen-bond donors (Lipinski definition) is 1. The molecule has 1 amide bonds. The van der Waals surface area contributed by atoms with E-state index in [1.807, 2.05) is 4.90 Å². The molecule has 4 aromatic heterocycles. The van der Waals surface area contributed by atoms with Gasteiger partial charge in [0.25, 0.3) is 11.5 Å². The summed E-state index contributed by atoms with van der Waals surface area (Å²) in [6.45, 7) is 2.96. The Morgan fingerprint density at radius 2 is 1.85 bits per heavy atom. The summed E-state index contributed by atoms with van der Waals surface area (Å²) in [5.74, 6) is -3.58. The lowest BCUT2D eigenvalue weighted by Crippen LogP contribution is -2.41. The minimum atomic E-state index is -2.56. The molecular weight excluding hydrogens is 540 g/mol. The monoisotopic (exact) mass is 565 g/mol. The molecule has 2 aliphatic rings. The number of piperidine rings is 1. The lowest BCUT2D eigenvalue weighted by atomic mass is 10.2. The normalized spacial score (nSPS) is 19.7. The van der Waals surface area contributed by atoms with Crippen LogP contribution in [-0.4, -0.2) is 64.3 Å². The van der Waals surface area contributed by atoms with Crippen LogP contribution in [0.5, 0.6) is 0 Å². The van der Waals surface area contributed by atoms with Gasteiger partial charge in [-0.15, -0.1) is 0 Å². The van der Waals surface area contributed by atoms with Crippen molar-refractivity contribution in [2.24, 2.45) is 18.9 Å². The van der Waals surface area contributed by atoms with E-state index in [-0.39, 0.29) is 35.9 Å². The van der Waals surface area contributed by atoms with Gasteiger partial charge in [-0.05, 0) is 32.0 Å². The molecule has 1 aliphatic carbocycles. The fourth-order valence-corrected chi connectivity index (χ4v) is 5.27. The number of amides is 1. The fourth-order valence-electron chi connectivity index (χ4n) is 5.27. The van der Waals surface area contributed by atoms with Gasteiger partial charge >= 0.3 is 5.69 Å². The van der Waals surface area contributed by atoms with Gasteiger partial charge < -0.3 is 14.8 Å². The zero-order valence-corrected chi connectivity index (χ0v) is 22.3. The van der Waals surface area contributed by atoms with E-state index in [0.29, 0.717) is 17.2 Å². The van der Waals surface area contributed by atoms with Crippen molar-refractivity contribution in [3.63, 3.8) is 0 Å². The molecular formula is C26H25F2N9O4. The predicted molar refractivity (Wildman–Crippen MR) is 143 cm³/mol. The molecule has 0 aromatic carbocycles. The first-order valence-corrected chi connectivity index (χ1v) is 12.9. The molecule has 1 aliphatic heterocycles. The van der Waals surface area contributed by atoms with Crippen LogP contribution >= 0.6 is 0 Å². The summed E-state index contributed by atoms with van der Waals surface area (Å²) in [5.41, 5.74) is -0.755. The largest absolute Gasteiger partial charge is 0.356 e. The molecule has 3 unspecified atom stereocenters. The molecule has 13 nitrogen and oxygen atoms in total. The Hall–Kier alpha value is -4.82. The van der Waals surface area contributed by atoms with Crippen molar-refractivity contribution in [1.29, 1.82) is 0 Å². The van der Waals surface area contributed by atoms with Crippen LogP contribution in [0.25, 0.3) is 22.6 Å². The Labute approximate surface area is 230 Å². The van der Waals surface area contributed by atoms with E-state index in [0.717, 1.165) is 9.13 Å². The minimum Gasteiger partial charge on any atom is -0.356 e. The van der Waals surface area contributed by atoms with Crippen LogP contribution in [0.2, 0.25) is 0 Å². The highest BCUT2D eigenvalue weighted by Crippen LogP contribution is 2.59. The molecule has 1 saturated heterocycles. The highest BCUT2D eigenvalue weighted by Gasteiger charge is 2.71. The molecule has 2 fully saturated rings. The summed E-state index contributed by atoms with van der Waals surface area (Å²) >= 11 is 0. The first-order chi connectivity index (χ1) is 19.5. The average Bonchev–Trinajstić information content (AvgIpc) is 3.38.